The zero-order chi connectivity index (χ0) is 18.5. The number of carbonyl (C=O) groups is 1. The SMILES string of the molecule is CC(N)=S.CCCCCCCC/C=C\CCCCCCCC(N)=O. The van der Waals surface area contributed by atoms with E-state index in [4.69, 9.17) is 11.5 Å². The fourth-order valence-corrected chi connectivity index (χ4v) is 2.37. The van der Waals surface area contributed by atoms with Crippen LogP contribution in [-0.4, -0.2) is 10.9 Å². The Balaban J connectivity index is 0. The molecule has 0 unspecified atom stereocenters. The highest BCUT2D eigenvalue weighted by Gasteiger charge is 1.94. The molecule has 24 heavy (non-hydrogen) atoms. The van der Waals surface area contributed by atoms with E-state index in [0.29, 0.717) is 11.4 Å². The predicted octanol–water partition coefficient (Wildman–Crippen LogP) is 5.80. The Hall–Kier alpha value is -0.900. The molecule has 0 aliphatic heterocycles. The first-order valence-electron chi connectivity index (χ1n) is 9.70. The van der Waals surface area contributed by atoms with Crippen LogP contribution in [0.15, 0.2) is 12.2 Å². The Morgan fingerprint density at radius 1 is 0.792 bits per heavy atom. The summed E-state index contributed by atoms with van der Waals surface area (Å²) in [5.41, 5.74) is 9.94. The molecule has 0 rings (SSSR count). The van der Waals surface area contributed by atoms with Gasteiger partial charge in [-0.3, -0.25) is 4.79 Å². The number of unbranched alkanes of at least 4 members (excludes halogenated alkanes) is 11. The molecule has 0 spiro atoms. The zero-order valence-corrected chi connectivity index (χ0v) is 16.8. The van der Waals surface area contributed by atoms with E-state index in [-0.39, 0.29) is 5.91 Å². The molecule has 0 fully saturated rings. The topological polar surface area (TPSA) is 69.1 Å². The maximum absolute atomic E-state index is 10.5. The maximum Gasteiger partial charge on any atom is 0.217 e. The van der Waals surface area contributed by atoms with Crippen molar-refractivity contribution in [1.82, 2.24) is 0 Å². The Labute approximate surface area is 155 Å². The summed E-state index contributed by atoms with van der Waals surface area (Å²) < 4.78 is 0. The molecule has 0 aromatic rings. The van der Waals surface area contributed by atoms with Gasteiger partial charge in [0, 0.05) is 6.42 Å². The van der Waals surface area contributed by atoms with Gasteiger partial charge in [-0.25, -0.2) is 0 Å². The Morgan fingerprint density at radius 3 is 1.58 bits per heavy atom. The lowest BCUT2D eigenvalue weighted by atomic mass is 10.1. The van der Waals surface area contributed by atoms with E-state index in [1.165, 1.54) is 70.6 Å². The molecule has 0 atom stereocenters. The van der Waals surface area contributed by atoms with E-state index < -0.39 is 0 Å². The summed E-state index contributed by atoms with van der Waals surface area (Å²) in [6.45, 7) is 3.94. The van der Waals surface area contributed by atoms with Crippen molar-refractivity contribution in [3.05, 3.63) is 12.2 Å². The molecular formula is C20H40N2OS. The molecular weight excluding hydrogens is 316 g/mol. The third kappa shape index (κ3) is 32.9. The molecule has 1 amide bonds. The standard InChI is InChI=1S/C18H35NO.C2H5NS/c1-2-3-4-5-6-7-8-9-10-11-12-13-14-15-16-17-18(19)20;1-2(3)4/h9-10H,2-8,11-17H2,1H3,(H2,19,20);1H3,(H2,3,4)/b10-9-;. The van der Waals surface area contributed by atoms with Crippen molar-refractivity contribution in [3.63, 3.8) is 0 Å². The third-order valence-electron chi connectivity index (χ3n) is 3.68. The molecule has 0 aromatic heterocycles. The second-order valence-corrected chi connectivity index (χ2v) is 7.06. The number of allylic oxidation sites excluding steroid dienone is 2. The minimum Gasteiger partial charge on any atom is -0.394 e. The van der Waals surface area contributed by atoms with Gasteiger partial charge in [-0.2, -0.15) is 0 Å². The normalized spacial score (nSPS) is 10.4. The van der Waals surface area contributed by atoms with Crippen molar-refractivity contribution in [2.75, 3.05) is 0 Å². The van der Waals surface area contributed by atoms with Crippen molar-refractivity contribution in [1.29, 1.82) is 0 Å². The van der Waals surface area contributed by atoms with Gasteiger partial charge in [0.2, 0.25) is 5.91 Å². The highest BCUT2D eigenvalue weighted by molar-refractivity contribution is 7.80. The van der Waals surface area contributed by atoms with Crippen LogP contribution in [0.5, 0.6) is 0 Å². The van der Waals surface area contributed by atoms with Crippen LogP contribution in [0.1, 0.15) is 104 Å². The van der Waals surface area contributed by atoms with E-state index in [2.05, 4.69) is 31.3 Å². The third-order valence-corrected chi connectivity index (χ3v) is 3.68. The minimum atomic E-state index is -0.164. The number of thiocarbonyl (C=S) groups is 1. The van der Waals surface area contributed by atoms with E-state index >= 15 is 0 Å². The zero-order valence-electron chi connectivity index (χ0n) is 16.0. The van der Waals surface area contributed by atoms with Crippen LogP contribution in [0.25, 0.3) is 0 Å². The lowest BCUT2D eigenvalue weighted by Gasteiger charge is -1.99. The van der Waals surface area contributed by atoms with Crippen LogP contribution in [0.2, 0.25) is 0 Å². The number of hydrogen-bond donors (Lipinski definition) is 2. The van der Waals surface area contributed by atoms with Gasteiger partial charge in [0.15, 0.2) is 0 Å². The summed E-state index contributed by atoms with van der Waals surface area (Å²) in [7, 11) is 0. The second kappa shape index (κ2) is 22.1. The summed E-state index contributed by atoms with van der Waals surface area (Å²) >= 11 is 4.31. The molecule has 4 heteroatoms. The first kappa shape index (κ1) is 25.3. The van der Waals surface area contributed by atoms with E-state index in [9.17, 15) is 4.79 Å². The van der Waals surface area contributed by atoms with Gasteiger partial charge in [0.05, 0.1) is 4.99 Å². The van der Waals surface area contributed by atoms with Gasteiger partial charge in [-0.05, 0) is 39.0 Å². The molecule has 3 nitrogen and oxygen atoms in total. The van der Waals surface area contributed by atoms with Crippen LogP contribution in [0.3, 0.4) is 0 Å². The molecule has 0 radical (unpaired) electrons. The van der Waals surface area contributed by atoms with E-state index in [1.807, 2.05) is 0 Å². The first-order chi connectivity index (χ1) is 11.5. The summed E-state index contributed by atoms with van der Waals surface area (Å²) in [5, 5.41) is 0. The largest absolute Gasteiger partial charge is 0.394 e. The number of hydrogen-bond acceptors (Lipinski definition) is 2. The highest BCUT2D eigenvalue weighted by Crippen LogP contribution is 2.09. The average molecular weight is 357 g/mol. The van der Waals surface area contributed by atoms with Gasteiger partial charge in [-0.15, -0.1) is 0 Å². The molecule has 0 aliphatic rings. The molecule has 0 aromatic carbocycles. The smallest absolute Gasteiger partial charge is 0.217 e. The van der Waals surface area contributed by atoms with E-state index in [0.717, 1.165) is 12.8 Å². The van der Waals surface area contributed by atoms with Crippen molar-refractivity contribution < 1.29 is 4.79 Å². The van der Waals surface area contributed by atoms with Crippen LogP contribution < -0.4 is 11.5 Å². The van der Waals surface area contributed by atoms with Crippen LogP contribution in [0, 0.1) is 0 Å². The summed E-state index contributed by atoms with van der Waals surface area (Å²) in [6.07, 6.45) is 21.9. The molecule has 0 heterocycles. The molecule has 142 valence electrons. The van der Waals surface area contributed by atoms with Gasteiger partial charge >= 0.3 is 0 Å². The molecule has 0 aliphatic carbocycles. The number of nitrogens with two attached hydrogens (primary N) is 2. The summed E-state index contributed by atoms with van der Waals surface area (Å²) in [4.78, 5) is 11.0. The highest BCUT2D eigenvalue weighted by atomic mass is 32.1. The van der Waals surface area contributed by atoms with Crippen molar-refractivity contribution in [3.8, 4) is 0 Å². The monoisotopic (exact) mass is 356 g/mol. The maximum atomic E-state index is 10.5. The number of rotatable bonds is 15. The van der Waals surface area contributed by atoms with Crippen LogP contribution in [-0.2, 0) is 4.79 Å². The summed E-state index contributed by atoms with van der Waals surface area (Å²) in [6, 6.07) is 0. The van der Waals surface area contributed by atoms with Crippen molar-refractivity contribution in [2.45, 2.75) is 104 Å². The van der Waals surface area contributed by atoms with Crippen LogP contribution >= 0.6 is 12.2 Å². The first-order valence-corrected chi connectivity index (χ1v) is 10.1. The Bertz CT molecular complexity index is 313. The Morgan fingerprint density at radius 2 is 1.17 bits per heavy atom. The van der Waals surface area contributed by atoms with Gasteiger partial charge in [0.25, 0.3) is 0 Å². The fourth-order valence-electron chi connectivity index (χ4n) is 2.37. The van der Waals surface area contributed by atoms with Crippen LogP contribution in [0.4, 0.5) is 0 Å². The number of amides is 1. The molecule has 0 saturated carbocycles. The Kier molecular flexibility index (Phi) is 23.3. The quantitative estimate of drug-likeness (QED) is 0.221. The molecule has 4 N–H and O–H groups in total. The molecule has 0 bridgehead atoms. The number of carbonyl (C=O) groups excluding carboxylic acids is 1. The van der Waals surface area contributed by atoms with Crippen molar-refractivity contribution >= 4 is 23.1 Å². The van der Waals surface area contributed by atoms with E-state index in [1.54, 1.807) is 6.92 Å². The number of primary amides is 1. The van der Waals surface area contributed by atoms with Gasteiger partial charge in [0.1, 0.15) is 0 Å². The van der Waals surface area contributed by atoms with Crippen molar-refractivity contribution in [2.24, 2.45) is 11.5 Å². The fraction of sp³-hybridized carbons (Fsp3) is 0.800. The van der Waals surface area contributed by atoms with Gasteiger partial charge < -0.3 is 11.5 Å². The minimum absolute atomic E-state index is 0.164. The second-order valence-electron chi connectivity index (χ2n) is 6.41. The summed E-state index contributed by atoms with van der Waals surface area (Å²) in [5.74, 6) is -0.164. The lowest BCUT2D eigenvalue weighted by molar-refractivity contribution is -0.118. The lowest BCUT2D eigenvalue weighted by Crippen LogP contribution is -2.09. The predicted molar refractivity (Wildman–Crippen MR) is 111 cm³/mol. The van der Waals surface area contributed by atoms with Gasteiger partial charge in [-0.1, -0.05) is 82.7 Å². The molecule has 0 saturated heterocycles. The average Bonchev–Trinajstić information content (AvgIpc) is 2.50.